The molecule has 3 heteroatoms. The molecule has 1 saturated carbocycles. The van der Waals surface area contributed by atoms with Gasteiger partial charge >= 0.3 is 0 Å². The van der Waals surface area contributed by atoms with Crippen LogP contribution in [0.3, 0.4) is 0 Å². The second-order valence-electron chi connectivity index (χ2n) is 3.57. The Balaban J connectivity index is 2.24. The number of rotatable bonds is 2. The summed E-state index contributed by atoms with van der Waals surface area (Å²) in [5, 5.41) is 9.59. The number of phenolic OH excluding ortho intramolecular Hbond substituents is 1. The Morgan fingerprint density at radius 2 is 2.15 bits per heavy atom. The molecule has 0 unspecified atom stereocenters. The third-order valence-electron chi connectivity index (χ3n) is 2.49. The summed E-state index contributed by atoms with van der Waals surface area (Å²) < 4.78 is 0. The van der Waals surface area contributed by atoms with Gasteiger partial charge in [-0.25, -0.2) is 0 Å². The van der Waals surface area contributed by atoms with Crippen LogP contribution in [-0.4, -0.2) is 5.11 Å². The van der Waals surface area contributed by atoms with Crippen LogP contribution in [0.1, 0.15) is 24.4 Å². The molecular weight excluding hydrogens is 186 g/mol. The fourth-order valence-corrected chi connectivity index (χ4v) is 1.65. The van der Waals surface area contributed by atoms with Gasteiger partial charge in [0.2, 0.25) is 0 Å². The maximum atomic E-state index is 9.21. The summed E-state index contributed by atoms with van der Waals surface area (Å²) in [6, 6.07) is 5.27. The molecule has 0 aromatic heterocycles. The van der Waals surface area contributed by atoms with E-state index in [4.69, 9.17) is 17.3 Å². The molecular formula is C10H12ClNO. The zero-order valence-electron chi connectivity index (χ0n) is 7.20. The molecule has 0 spiro atoms. The SMILES string of the molecule is N[C@@H](c1ccc(O)c(Cl)c1)C1CC1. The lowest BCUT2D eigenvalue weighted by atomic mass is 10.0. The highest BCUT2D eigenvalue weighted by molar-refractivity contribution is 6.32. The summed E-state index contributed by atoms with van der Waals surface area (Å²) in [6.07, 6.45) is 2.42. The van der Waals surface area contributed by atoms with Crippen molar-refractivity contribution in [3.8, 4) is 5.75 Å². The number of hydrogen-bond donors (Lipinski definition) is 2. The monoisotopic (exact) mass is 197 g/mol. The highest BCUT2D eigenvalue weighted by atomic mass is 35.5. The molecule has 1 aromatic rings. The molecule has 1 aliphatic rings. The van der Waals surface area contributed by atoms with Crippen molar-refractivity contribution in [1.29, 1.82) is 0 Å². The normalized spacial score (nSPS) is 18.6. The van der Waals surface area contributed by atoms with Crippen LogP contribution in [0.2, 0.25) is 5.02 Å². The lowest BCUT2D eigenvalue weighted by Gasteiger charge is -2.10. The first kappa shape index (κ1) is 8.85. The van der Waals surface area contributed by atoms with Gasteiger partial charge in [0.05, 0.1) is 5.02 Å². The van der Waals surface area contributed by atoms with Gasteiger partial charge in [0, 0.05) is 6.04 Å². The Kier molecular flexibility index (Phi) is 2.18. The molecule has 0 heterocycles. The standard InChI is InChI=1S/C10H12ClNO/c11-8-5-7(3-4-9(8)13)10(12)6-1-2-6/h3-6,10,13H,1-2,12H2/t10-/m1/s1. The van der Waals surface area contributed by atoms with Crippen molar-refractivity contribution < 1.29 is 5.11 Å². The van der Waals surface area contributed by atoms with E-state index in [-0.39, 0.29) is 11.8 Å². The molecule has 1 aliphatic carbocycles. The van der Waals surface area contributed by atoms with E-state index >= 15 is 0 Å². The van der Waals surface area contributed by atoms with E-state index in [0.29, 0.717) is 10.9 Å². The fraction of sp³-hybridized carbons (Fsp3) is 0.400. The van der Waals surface area contributed by atoms with Gasteiger partial charge < -0.3 is 10.8 Å². The van der Waals surface area contributed by atoms with Crippen LogP contribution in [0.5, 0.6) is 5.75 Å². The maximum Gasteiger partial charge on any atom is 0.134 e. The largest absolute Gasteiger partial charge is 0.506 e. The van der Waals surface area contributed by atoms with E-state index in [2.05, 4.69) is 0 Å². The van der Waals surface area contributed by atoms with E-state index < -0.39 is 0 Å². The average Bonchev–Trinajstić information content (AvgIpc) is 2.91. The molecule has 2 rings (SSSR count). The molecule has 3 N–H and O–H groups in total. The average molecular weight is 198 g/mol. The first-order valence-corrected chi connectivity index (χ1v) is 4.80. The van der Waals surface area contributed by atoms with E-state index in [9.17, 15) is 5.11 Å². The summed E-state index contributed by atoms with van der Waals surface area (Å²) in [5.74, 6) is 0.731. The van der Waals surface area contributed by atoms with Gasteiger partial charge in [-0.1, -0.05) is 17.7 Å². The smallest absolute Gasteiger partial charge is 0.134 e. The van der Waals surface area contributed by atoms with E-state index in [1.165, 1.54) is 12.8 Å². The summed E-state index contributed by atoms with van der Waals surface area (Å²) in [6.45, 7) is 0. The minimum Gasteiger partial charge on any atom is -0.506 e. The number of hydrogen-bond acceptors (Lipinski definition) is 2. The highest BCUT2D eigenvalue weighted by Crippen LogP contribution is 2.40. The molecule has 0 aliphatic heterocycles. The molecule has 1 atom stereocenters. The Bertz CT molecular complexity index is 323. The van der Waals surface area contributed by atoms with Crippen LogP contribution >= 0.6 is 11.6 Å². The maximum absolute atomic E-state index is 9.21. The van der Waals surface area contributed by atoms with Gasteiger partial charge in [-0.15, -0.1) is 0 Å². The van der Waals surface area contributed by atoms with Gasteiger partial charge in [0.1, 0.15) is 5.75 Å². The molecule has 0 bridgehead atoms. The molecule has 13 heavy (non-hydrogen) atoms. The third kappa shape index (κ3) is 1.79. The highest BCUT2D eigenvalue weighted by Gasteiger charge is 2.29. The predicted octanol–water partition coefficient (Wildman–Crippen LogP) is 2.46. The van der Waals surface area contributed by atoms with Gasteiger partial charge in [-0.2, -0.15) is 0 Å². The van der Waals surface area contributed by atoms with Crippen molar-refractivity contribution in [3.63, 3.8) is 0 Å². The van der Waals surface area contributed by atoms with Crippen LogP contribution in [-0.2, 0) is 0 Å². The first-order chi connectivity index (χ1) is 6.18. The van der Waals surface area contributed by atoms with E-state index in [0.717, 1.165) is 5.56 Å². The van der Waals surface area contributed by atoms with E-state index in [1.54, 1.807) is 12.1 Å². The van der Waals surface area contributed by atoms with Crippen molar-refractivity contribution in [2.75, 3.05) is 0 Å². The van der Waals surface area contributed by atoms with Crippen molar-refractivity contribution in [3.05, 3.63) is 28.8 Å². The molecule has 1 fully saturated rings. The summed E-state index contributed by atoms with van der Waals surface area (Å²) in [5.41, 5.74) is 7.00. The Morgan fingerprint density at radius 3 is 2.69 bits per heavy atom. The van der Waals surface area contributed by atoms with Crippen LogP contribution in [0.15, 0.2) is 18.2 Å². The number of nitrogens with two attached hydrogens (primary N) is 1. The molecule has 0 saturated heterocycles. The summed E-state index contributed by atoms with van der Waals surface area (Å²) in [4.78, 5) is 0. The second-order valence-corrected chi connectivity index (χ2v) is 3.98. The fourth-order valence-electron chi connectivity index (χ4n) is 1.46. The summed E-state index contributed by atoms with van der Waals surface area (Å²) >= 11 is 5.78. The Hall–Kier alpha value is -0.730. The quantitative estimate of drug-likeness (QED) is 0.765. The topological polar surface area (TPSA) is 46.2 Å². The minimum absolute atomic E-state index is 0.0816. The van der Waals surface area contributed by atoms with Gasteiger partial charge in [-0.05, 0) is 36.5 Å². The van der Waals surface area contributed by atoms with Crippen molar-refractivity contribution in [2.24, 2.45) is 11.7 Å². The molecule has 0 amide bonds. The Morgan fingerprint density at radius 1 is 1.46 bits per heavy atom. The van der Waals surface area contributed by atoms with Gasteiger partial charge in [0.25, 0.3) is 0 Å². The Labute approximate surface area is 82.3 Å². The number of benzene rings is 1. The molecule has 2 nitrogen and oxygen atoms in total. The van der Waals surface area contributed by atoms with E-state index in [1.807, 2.05) is 6.07 Å². The predicted molar refractivity (Wildman–Crippen MR) is 52.8 cm³/mol. The second kappa shape index (κ2) is 3.20. The van der Waals surface area contributed by atoms with Crippen LogP contribution in [0.4, 0.5) is 0 Å². The number of aromatic hydroxyl groups is 1. The molecule has 1 aromatic carbocycles. The van der Waals surface area contributed by atoms with Crippen molar-refractivity contribution >= 4 is 11.6 Å². The minimum atomic E-state index is 0.0816. The molecule has 0 radical (unpaired) electrons. The van der Waals surface area contributed by atoms with Crippen LogP contribution in [0.25, 0.3) is 0 Å². The number of phenols is 1. The summed E-state index contributed by atoms with van der Waals surface area (Å²) in [7, 11) is 0. The molecule has 70 valence electrons. The lowest BCUT2D eigenvalue weighted by molar-refractivity contribution is 0.475. The lowest BCUT2D eigenvalue weighted by Crippen LogP contribution is -2.11. The first-order valence-electron chi connectivity index (χ1n) is 4.42. The van der Waals surface area contributed by atoms with Gasteiger partial charge in [0.15, 0.2) is 0 Å². The zero-order chi connectivity index (χ0) is 9.42. The van der Waals surface area contributed by atoms with Crippen LogP contribution in [0, 0.1) is 5.92 Å². The third-order valence-corrected chi connectivity index (χ3v) is 2.79. The zero-order valence-corrected chi connectivity index (χ0v) is 7.96. The van der Waals surface area contributed by atoms with Gasteiger partial charge in [-0.3, -0.25) is 0 Å². The number of halogens is 1. The van der Waals surface area contributed by atoms with Crippen molar-refractivity contribution in [1.82, 2.24) is 0 Å². The van der Waals surface area contributed by atoms with Crippen LogP contribution < -0.4 is 5.73 Å². The van der Waals surface area contributed by atoms with Crippen molar-refractivity contribution in [2.45, 2.75) is 18.9 Å².